The molecule has 3 nitrogen and oxygen atoms in total. The minimum Gasteiger partial charge on any atom is -0.341 e. The van der Waals surface area contributed by atoms with Crippen LogP contribution in [-0.2, 0) is 6.42 Å². The Morgan fingerprint density at radius 2 is 1.89 bits per heavy atom. The van der Waals surface area contributed by atoms with Crippen LogP contribution in [0, 0.1) is 11.7 Å². The Bertz CT molecular complexity index is 748. The first-order valence-electron chi connectivity index (χ1n) is 9.49. The summed E-state index contributed by atoms with van der Waals surface area (Å²) in [5.74, 6) is 0.101. The highest BCUT2D eigenvalue weighted by atomic mass is 35.5. The summed E-state index contributed by atoms with van der Waals surface area (Å²) in [6, 6.07) is 13.8. The zero-order valence-electron chi connectivity index (χ0n) is 15.7. The predicted molar refractivity (Wildman–Crippen MR) is 108 cm³/mol. The van der Waals surface area contributed by atoms with E-state index >= 15 is 0 Å². The van der Waals surface area contributed by atoms with Crippen molar-refractivity contribution in [2.45, 2.75) is 19.3 Å². The fourth-order valence-electron chi connectivity index (χ4n) is 3.72. The molecule has 0 spiro atoms. The van der Waals surface area contributed by atoms with Crippen molar-refractivity contribution in [2.75, 3.05) is 33.2 Å². The number of carbonyl (C=O) groups is 1. The third-order valence-corrected chi connectivity index (χ3v) is 5.45. The maximum Gasteiger partial charge on any atom is 0.253 e. The maximum atomic E-state index is 13.0. The first-order chi connectivity index (χ1) is 13.0. The lowest BCUT2D eigenvalue weighted by Crippen LogP contribution is -2.42. The van der Waals surface area contributed by atoms with Gasteiger partial charge in [-0.1, -0.05) is 23.7 Å². The lowest BCUT2D eigenvalue weighted by Gasteiger charge is -2.34. The average molecular weight is 389 g/mol. The molecule has 1 fully saturated rings. The third kappa shape index (κ3) is 5.78. The molecule has 27 heavy (non-hydrogen) atoms. The summed E-state index contributed by atoms with van der Waals surface area (Å²) in [6.45, 7) is 3.87. The van der Waals surface area contributed by atoms with Gasteiger partial charge in [-0.3, -0.25) is 4.79 Å². The second-order valence-corrected chi connectivity index (χ2v) is 7.81. The molecule has 0 bridgehead atoms. The van der Waals surface area contributed by atoms with Gasteiger partial charge in [0, 0.05) is 37.3 Å². The van der Waals surface area contributed by atoms with Crippen molar-refractivity contribution in [3.05, 3.63) is 70.5 Å². The number of hydrogen-bond acceptors (Lipinski definition) is 2. The number of carbonyl (C=O) groups excluding carboxylic acids is 1. The highest BCUT2D eigenvalue weighted by Crippen LogP contribution is 2.19. The number of likely N-dealkylation sites (tertiary alicyclic amines) is 1. The summed E-state index contributed by atoms with van der Waals surface area (Å²) in [5.41, 5.74) is 1.83. The Hall–Kier alpha value is -1.91. The summed E-state index contributed by atoms with van der Waals surface area (Å²) in [4.78, 5) is 16.8. The Balaban J connectivity index is 1.49. The zero-order valence-corrected chi connectivity index (χ0v) is 16.5. The predicted octanol–water partition coefficient (Wildman–Crippen LogP) is 4.51. The molecule has 0 aliphatic carbocycles. The van der Waals surface area contributed by atoms with E-state index in [9.17, 15) is 9.18 Å². The first-order valence-corrected chi connectivity index (χ1v) is 9.87. The number of benzene rings is 2. The molecule has 2 aromatic carbocycles. The fourth-order valence-corrected chi connectivity index (χ4v) is 3.85. The number of halogens is 2. The van der Waals surface area contributed by atoms with Gasteiger partial charge in [0.05, 0.1) is 0 Å². The Morgan fingerprint density at radius 3 is 2.59 bits per heavy atom. The van der Waals surface area contributed by atoms with Crippen LogP contribution in [0.5, 0.6) is 0 Å². The summed E-state index contributed by atoms with van der Waals surface area (Å²) >= 11 is 5.94. The molecule has 1 aliphatic rings. The van der Waals surface area contributed by atoms with Gasteiger partial charge in [-0.2, -0.15) is 0 Å². The van der Waals surface area contributed by atoms with Crippen LogP contribution in [-0.4, -0.2) is 48.9 Å². The van der Waals surface area contributed by atoms with Crippen LogP contribution in [0.4, 0.5) is 4.39 Å². The van der Waals surface area contributed by atoms with Crippen LogP contribution >= 0.6 is 11.6 Å². The molecular weight excluding hydrogens is 363 g/mol. The standard InChI is InChI=1S/C22H26ClFN2O/c1-25(22(27)19-6-10-21(24)11-7-19)15-18-3-2-13-26(16-18)14-12-17-4-8-20(23)9-5-17/h4-11,18H,2-3,12-16H2,1H3/t18-/m1/s1. The SMILES string of the molecule is CN(C[C@H]1CCCN(CCc2ccc(Cl)cc2)C1)C(=O)c1ccc(F)cc1. The average Bonchev–Trinajstić information content (AvgIpc) is 2.68. The molecular formula is C22H26ClFN2O. The Morgan fingerprint density at radius 1 is 1.19 bits per heavy atom. The van der Waals surface area contributed by atoms with Gasteiger partial charge in [-0.05, 0) is 73.7 Å². The largest absolute Gasteiger partial charge is 0.341 e. The number of amides is 1. The van der Waals surface area contributed by atoms with Gasteiger partial charge in [-0.15, -0.1) is 0 Å². The second-order valence-electron chi connectivity index (χ2n) is 7.38. The van der Waals surface area contributed by atoms with Crippen molar-refractivity contribution in [1.29, 1.82) is 0 Å². The monoisotopic (exact) mass is 388 g/mol. The van der Waals surface area contributed by atoms with E-state index in [-0.39, 0.29) is 11.7 Å². The molecule has 1 saturated heterocycles. The number of rotatable bonds is 6. The van der Waals surface area contributed by atoms with E-state index in [1.54, 1.807) is 17.0 Å². The van der Waals surface area contributed by atoms with Gasteiger partial charge >= 0.3 is 0 Å². The summed E-state index contributed by atoms with van der Waals surface area (Å²) in [7, 11) is 1.83. The normalized spacial score (nSPS) is 17.7. The van der Waals surface area contributed by atoms with E-state index in [0.717, 1.165) is 50.5 Å². The minimum atomic E-state index is -0.321. The smallest absolute Gasteiger partial charge is 0.253 e. The quantitative estimate of drug-likeness (QED) is 0.727. The van der Waals surface area contributed by atoms with E-state index < -0.39 is 0 Å². The van der Waals surface area contributed by atoms with Crippen LogP contribution in [0.25, 0.3) is 0 Å². The molecule has 1 amide bonds. The Kier molecular flexibility index (Phi) is 6.86. The van der Waals surface area contributed by atoms with Gasteiger partial charge in [0.25, 0.3) is 5.91 Å². The topological polar surface area (TPSA) is 23.6 Å². The van der Waals surface area contributed by atoms with E-state index in [2.05, 4.69) is 17.0 Å². The van der Waals surface area contributed by atoms with E-state index in [4.69, 9.17) is 11.6 Å². The van der Waals surface area contributed by atoms with Crippen molar-refractivity contribution in [1.82, 2.24) is 9.80 Å². The molecule has 0 aromatic heterocycles. The highest BCUT2D eigenvalue weighted by molar-refractivity contribution is 6.30. The van der Waals surface area contributed by atoms with E-state index in [0.29, 0.717) is 11.5 Å². The lowest BCUT2D eigenvalue weighted by atomic mass is 9.96. The molecule has 0 unspecified atom stereocenters. The van der Waals surface area contributed by atoms with Gasteiger partial charge in [0.1, 0.15) is 5.82 Å². The van der Waals surface area contributed by atoms with Gasteiger partial charge in [-0.25, -0.2) is 4.39 Å². The van der Waals surface area contributed by atoms with Crippen molar-refractivity contribution < 1.29 is 9.18 Å². The molecule has 1 atom stereocenters. The molecule has 1 aliphatic heterocycles. The van der Waals surface area contributed by atoms with Crippen molar-refractivity contribution in [3.63, 3.8) is 0 Å². The molecule has 5 heteroatoms. The van der Waals surface area contributed by atoms with Crippen molar-refractivity contribution >= 4 is 17.5 Å². The van der Waals surface area contributed by atoms with Gasteiger partial charge in [0.2, 0.25) is 0 Å². The number of piperidine rings is 1. The molecule has 0 radical (unpaired) electrons. The summed E-state index contributed by atoms with van der Waals surface area (Å²) in [5, 5.41) is 0.769. The molecule has 3 rings (SSSR count). The third-order valence-electron chi connectivity index (χ3n) is 5.20. The van der Waals surface area contributed by atoms with Gasteiger partial charge < -0.3 is 9.80 Å². The summed E-state index contributed by atoms with van der Waals surface area (Å²) < 4.78 is 13.0. The van der Waals surface area contributed by atoms with Crippen LogP contribution < -0.4 is 0 Å². The van der Waals surface area contributed by atoms with Crippen molar-refractivity contribution in [3.8, 4) is 0 Å². The van der Waals surface area contributed by atoms with Crippen molar-refractivity contribution in [2.24, 2.45) is 5.92 Å². The molecule has 0 N–H and O–H groups in total. The van der Waals surface area contributed by atoms with Crippen LogP contribution in [0.3, 0.4) is 0 Å². The highest BCUT2D eigenvalue weighted by Gasteiger charge is 2.23. The lowest BCUT2D eigenvalue weighted by molar-refractivity contribution is 0.0730. The maximum absolute atomic E-state index is 13.0. The van der Waals surface area contributed by atoms with Crippen LogP contribution in [0.1, 0.15) is 28.8 Å². The zero-order chi connectivity index (χ0) is 19.2. The van der Waals surface area contributed by atoms with Crippen LogP contribution in [0.2, 0.25) is 5.02 Å². The van der Waals surface area contributed by atoms with Gasteiger partial charge in [0.15, 0.2) is 0 Å². The number of nitrogens with zero attached hydrogens (tertiary/aromatic N) is 2. The molecule has 2 aromatic rings. The minimum absolute atomic E-state index is 0.0479. The van der Waals surface area contributed by atoms with E-state index in [1.165, 1.54) is 17.7 Å². The fraction of sp³-hybridized carbons (Fsp3) is 0.409. The van der Waals surface area contributed by atoms with E-state index in [1.807, 2.05) is 19.2 Å². The number of hydrogen-bond donors (Lipinski definition) is 0. The van der Waals surface area contributed by atoms with Crippen LogP contribution in [0.15, 0.2) is 48.5 Å². The summed E-state index contributed by atoms with van der Waals surface area (Å²) in [6.07, 6.45) is 3.30. The molecule has 0 saturated carbocycles. The first kappa shape index (κ1) is 19.8. The Labute approximate surface area is 165 Å². The second kappa shape index (κ2) is 9.34. The molecule has 144 valence electrons. The molecule has 1 heterocycles.